The molecule has 106 valence electrons. The predicted molar refractivity (Wildman–Crippen MR) is 81.1 cm³/mol. The van der Waals surface area contributed by atoms with Crippen LogP contribution in [0.2, 0.25) is 0 Å². The Bertz CT molecular complexity index is 529. The molecule has 0 fully saturated rings. The second-order valence-electron chi connectivity index (χ2n) is 4.26. The highest BCUT2D eigenvalue weighted by molar-refractivity contribution is 5.44. The topological polar surface area (TPSA) is 42.5 Å². The van der Waals surface area contributed by atoms with Gasteiger partial charge in [0.1, 0.15) is 0 Å². The van der Waals surface area contributed by atoms with Gasteiger partial charge in [-0.25, -0.2) is 5.43 Å². The summed E-state index contributed by atoms with van der Waals surface area (Å²) < 4.78 is 10.8. The first-order valence-corrected chi connectivity index (χ1v) is 6.67. The standard InChI is InChI=1S/C16H20N2O2/c1-3-20-16-11-13(9-10-15(16)19-2)12-17-18-14-7-5-4-6-8-14/h4-11,17-18H,3,12H2,1-2H3. The maximum atomic E-state index is 5.56. The van der Waals surface area contributed by atoms with Crippen molar-refractivity contribution in [2.75, 3.05) is 19.1 Å². The van der Waals surface area contributed by atoms with Gasteiger partial charge in [0.2, 0.25) is 0 Å². The van der Waals surface area contributed by atoms with Crippen LogP contribution in [0.5, 0.6) is 11.5 Å². The number of rotatable bonds is 7. The lowest BCUT2D eigenvalue weighted by Gasteiger charge is -2.12. The first-order chi connectivity index (χ1) is 9.83. The SMILES string of the molecule is CCOc1cc(CNNc2ccccc2)ccc1OC. The van der Waals surface area contributed by atoms with E-state index in [-0.39, 0.29) is 0 Å². The summed E-state index contributed by atoms with van der Waals surface area (Å²) in [6.07, 6.45) is 0. The van der Waals surface area contributed by atoms with Crippen molar-refractivity contribution in [3.63, 3.8) is 0 Å². The third kappa shape index (κ3) is 3.90. The van der Waals surface area contributed by atoms with Gasteiger partial charge in [0.15, 0.2) is 11.5 Å². The molecule has 0 unspecified atom stereocenters. The number of ether oxygens (including phenoxy) is 2. The average Bonchev–Trinajstić information content (AvgIpc) is 2.49. The predicted octanol–water partition coefficient (Wildman–Crippen LogP) is 3.21. The lowest BCUT2D eigenvalue weighted by molar-refractivity contribution is 0.310. The van der Waals surface area contributed by atoms with E-state index in [0.717, 1.165) is 22.7 Å². The number of anilines is 1. The Balaban J connectivity index is 1.94. The van der Waals surface area contributed by atoms with Crippen LogP contribution in [0, 0.1) is 0 Å². The molecule has 0 aliphatic carbocycles. The van der Waals surface area contributed by atoms with Gasteiger partial charge >= 0.3 is 0 Å². The van der Waals surface area contributed by atoms with E-state index in [0.29, 0.717) is 13.2 Å². The minimum absolute atomic E-state index is 0.621. The second-order valence-corrected chi connectivity index (χ2v) is 4.26. The summed E-state index contributed by atoms with van der Waals surface area (Å²) in [5.41, 5.74) is 8.49. The number of nitrogens with one attached hydrogen (secondary N) is 2. The molecule has 2 rings (SSSR count). The molecule has 0 aromatic heterocycles. The largest absolute Gasteiger partial charge is 0.493 e. The highest BCUT2D eigenvalue weighted by Crippen LogP contribution is 2.27. The van der Waals surface area contributed by atoms with Crippen LogP contribution in [0.3, 0.4) is 0 Å². The zero-order chi connectivity index (χ0) is 14.2. The maximum absolute atomic E-state index is 5.56. The van der Waals surface area contributed by atoms with E-state index in [1.807, 2.05) is 55.5 Å². The van der Waals surface area contributed by atoms with Crippen LogP contribution in [0.25, 0.3) is 0 Å². The van der Waals surface area contributed by atoms with Crippen LogP contribution in [-0.2, 0) is 6.54 Å². The summed E-state index contributed by atoms with van der Waals surface area (Å²) in [5, 5.41) is 0. The van der Waals surface area contributed by atoms with Crippen molar-refractivity contribution in [2.45, 2.75) is 13.5 Å². The third-order valence-corrected chi connectivity index (χ3v) is 2.83. The Morgan fingerprint density at radius 1 is 1.00 bits per heavy atom. The van der Waals surface area contributed by atoms with E-state index >= 15 is 0 Å². The minimum atomic E-state index is 0.621. The average molecular weight is 272 g/mol. The lowest BCUT2D eigenvalue weighted by Crippen LogP contribution is -2.20. The molecular formula is C16H20N2O2. The van der Waals surface area contributed by atoms with Gasteiger partial charge in [-0.2, -0.15) is 0 Å². The first kappa shape index (κ1) is 14.2. The van der Waals surface area contributed by atoms with E-state index < -0.39 is 0 Å². The number of methoxy groups -OCH3 is 1. The third-order valence-electron chi connectivity index (χ3n) is 2.83. The van der Waals surface area contributed by atoms with Gasteiger partial charge in [0.05, 0.1) is 13.7 Å². The van der Waals surface area contributed by atoms with Gasteiger partial charge in [-0.05, 0) is 36.8 Å². The fraction of sp³-hybridized carbons (Fsp3) is 0.250. The van der Waals surface area contributed by atoms with Gasteiger partial charge in [-0.1, -0.05) is 24.3 Å². The Kier molecular flexibility index (Phi) is 5.26. The van der Waals surface area contributed by atoms with Crippen LogP contribution >= 0.6 is 0 Å². The smallest absolute Gasteiger partial charge is 0.161 e. The molecule has 0 saturated carbocycles. The monoisotopic (exact) mass is 272 g/mol. The lowest BCUT2D eigenvalue weighted by atomic mass is 10.2. The number of hydrazine groups is 1. The molecule has 4 nitrogen and oxygen atoms in total. The molecule has 4 heteroatoms. The second kappa shape index (κ2) is 7.40. The highest BCUT2D eigenvalue weighted by Gasteiger charge is 2.04. The summed E-state index contributed by atoms with van der Waals surface area (Å²) in [7, 11) is 1.65. The van der Waals surface area contributed by atoms with Crippen molar-refractivity contribution in [3.8, 4) is 11.5 Å². The van der Waals surface area contributed by atoms with Crippen molar-refractivity contribution in [3.05, 3.63) is 54.1 Å². The zero-order valence-corrected chi connectivity index (χ0v) is 11.8. The molecule has 0 bridgehead atoms. The molecule has 0 saturated heterocycles. The minimum Gasteiger partial charge on any atom is -0.493 e. The molecule has 2 aromatic rings. The normalized spacial score (nSPS) is 10.1. The van der Waals surface area contributed by atoms with Crippen LogP contribution in [0.15, 0.2) is 48.5 Å². The van der Waals surface area contributed by atoms with Crippen LogP contribution in [0.1, 0.15) is 12.5 Å². The van der Waals surface area contributed by atoms with Crippen molar-refractivity contribution in [1.29, 1.82) is 0 Å². The zero-order valence-electron chi connectivity index (χ0n) is 11.8. The van der Waals surface area contributed by atoms with E-state index in [1.165, 1.54) is 0 Å². The number of hydrogen-bond donors (Lipinski definition) is 2. The molecule has 0 aliphatic heterocycles. The molecule has 0 heterocycles. The maximum Gasteiger partial charge on any atom is 0.161 e. The highest BCUT2D eigenvalue weighted by atomic mass is 16.5. The first-order valence-electron chi connectivity index (χ1n) is 6.67. The van der Waals surface area contributed by atoms with Gasteiger partial charge in [-0.15, -0.1) is 0 Å². The van der Waals surface area contributed by atoms with Gasteiger partial charge in [-0.3, -0.25) is 0 Å². The summed E-state index contributed by atoms with van der Waals surface area (Å²) in [6, 6.07) is 15.9. The fourth-order valence-corrected chi connectivity index (χ4v) is 1.87. The molecular weight excluding hydrogens is 252 g/mol. The van der Waals surface area contributed by atoms with Gasteiger partial charge < -0.3 is 14.9 Å². The number of hydrogen-bond acceptors (Lipinski definition) is 4. The summed E-state index contributed by atoms with van der Waals surface area (Å²) in [5.74, 6) is 1.53. The number of para-hydroxylation sites is 1. The Morgan fingerprint density at radius 2 is 1.80 bits per heavy atom. The fourth-order valence-electron chi connectivity index (χ4n) is 1.87. The van der Waals surface area contributed by atoms with Crippen molar-refractivity contribution in [1.82, 2.24) is 5.43 Å². The number of benzene rings is 2. The van der Waals surface area contributed by atoms with Crippen molar-refractivity contribution in [2.24, 2.45) is 0 Å². The van der Waals surface area contributed by atoms with E-state index in [1.54, 1.807) is 7.11 Å². The quantitative estimate of drug-likeness (QED) is 0.760. The van der Waals surface area contributed by atoms with Crippen molar-refractivity contribution >= 4 is 5.69 Å². The molecule has 0 radical (unpaired) electrons. The van der Waals surface area contributed by atoms with Gasteiger partial charge in [0, 0.05) is 12.2 Å². The Morgan fingerprint density at radius 3 is 2.50 bits per heavy atom. The van der Waals surface area contributed by atoms with E-state index in [2.05, 4.69) is 10.9 Å². The van der Waals surface area contributed by atoms with Crippen LogP contribution < -0.4 is 20.3 Å². The molecule has 2 N–H and O–H groups in total. The van der Waals surface area contributed by atoms with Crippen LogP contribution in [-0.4, -0.2) is 13.7 Å². The Labute approximate surface area is 119 Å². The molecule has 0 amide bonds. The van der Waals surface area contributed by atoms with E-state index in [4.69, 9.17) is 9.47 Å². The summed E-state index contributed by atoms with van der Waals surface area (Å²) in [4.78, 5) is 0. The van der Waals surface area contributed by atoms with Crippen LogP contribution in [0.4, 0.5) is 5.69 Å². The summed E-state index contributed by atoms with van der Waals surface area (Å²) in [6.45, 7) is 3.27. The molecule has 0 spiro atoms. The molecule has 0 aliphatic rings. The molecule has 2 aromatic carbocycles. The summed E-state index contributed by atoms with van der Waals surface area (Å²) >= 11 is 0. The molecule has 0 atom stereocenters. The molecule has 20 heavy (non-hydrogen) atoms. The van der Waals surface area contributed by atoms with Gasteiger partial charge in [0.25, 0.3) is 0 Å². The van der Waals surface area contributed by atoms with E-state index in [9.17, 15) is 0 Å². The Hall–Kier alpha value is -2.20. The van der Waals surface area contributed by atoms with Crippen molar-refractivity contribution < 1.29 is 9.47 Å².